The monoisotopic (exact) mass is 336 g/mol. The van der Waals surface area contributed by atoms with Crippen molar-refractivity contribution in [2.24, 2.45) is 0 Å². The van der Waals surface area contributed by atoms with Crippen molar-refractivity contribution in [3.8, 4) is 0 Å². The molecule has 0 radical (unpaired) electrons. The van der Waals surface area contributed by atoms with Gasteiger partial charge in [0.25, 0.3) is 0 Å². The van der Waals surface area contributed by atoms with Crippen LogP contribution in [0.2, 0.25) is 0 Å². The molecule has 0 saturated heterocycles. The summed E-state index contributed by atoms with van der Waals surface area (Å²) in [6.07, 6.45) is 0. The molecule has 24 heavy (non-hydrogen) atoms. The van der Waals surface area contributed by atoms with Crippen LogP contribution >= 0.6 is 0 Å². The van der Waals surface area contributed by atoms with Gasteiger partial charge in [0.1, 0.15) is 6.04 Å². The predicted molar refractivity (Wildman–Crippen MR) is 88.6 cm³/mol. The van der Waals surface area contributed by atoms with E-state index in [1.165, 1.54) is 0 Å². The molecule has 128 valence electrons. The molecular weight excluding hydrogens is 317 g/mol. The van der Waals surface area contributed by atoms with E-state index in [4.69, 9.17) is 0 Å². The highest BCUT2D eigenvalue weighted by Gasteiger charge is 2.19. The molecule has 0 fully saturated rings. The number of para-hydroxylation sites is 1. The number of anilines is 2. The van der Waals surface area contributed by atoms with Gasteiger partial charge in [0.2, 0.25) is 5.91 Å². The highest BCUT2D eigenvalue weighted by molar-refractivity contribution is 5.96. The van der Waals surface area contributed by atoms with E-state index in [1.807, 2.05) is 38.1 Å². The number of carbonyl (C=O) groups excluding carboxylic acids is 1. The molecule has 0 spiro atoms. The Hall–Kier alpha value is -2.50. The minimum atomic E-state index is -1.61. The SMILES string of the molecule is CC(C)c1ccccc1N[C@H](C)C(=O)Nc1ccc(F)c(F)c1F. The van der Waals surface area contributed by atoms with Gasteiger partial charge in [-0.2, -0.15) is 0 Å². The third-order valence-electron chi connectivity index (χ3n) is 3.64. The van der Waals surface area contributed by atoms with E-state index in [1.54, 1.807) is 6.92 Å². The Labute approximate surface area is 138 Å². The summed E-state index contributed by atoms with van der Waals surface area (Å²) >= 11 is 0. The van der Waals surface area contributed by atoms with Crippen LogP contribution in [0.25, 0.3) is 0 Å². The Morgan fingerprint density at radius 1 is 0.917 bits per heavy atom. The van der Waals surface area contributed by atoms with E-state index in [0.717, 1.165) is 23.4 Å². The lowest BCUT2D eigenvalue weighted by molar-refractivity contribution is -0.116. The van der Waals surface area contributed by atoms with Gasteiger partial charge >= 0.3 is 0 Å². The van der Waals surface area contributed by atoms with Gasteiger partial charge < -0.3 is 10.6 Å². The highest BCUT2D eigenvalue weighted by atomic mass is 19.2. The van der Waals surface area contributed by atoms with Gasteiger partial charge in [-0.1, -0.05) is 32.0 Å². The molecule has 0 unspecified atom stereocenters. The average molecular weight is 336 g/mol. The van der Waals surface area contributed by atoms with E-state index < -0.39 is 35.1 Å². The molecule has 0 aliphatic rings. The third kappa shape index (κ3) is 3.88. The van der Waals surface area contributed by atoms with Crippen LogP contribution in [0.3, 0.4) is 0 Å². The maximum absolute atomic E-state index is 13.6. The molecule has 0 aromatic heterocycles. The topological polar surface area (TPSA) is 41.1 Å². The number of hydrogen-bond donors (Lipinski definition) is 2. The fourth-order valence-corrected chi connectivity index (χ4v) is 2.29. The van der Waals surface area contributed by atoms with E-state index in [0.29, 0.717) is 0 Å². The van der Waals surface area contributed by atoms with Crippen molar-refractivity contribution in [1.29, 1.82) is 0 Å². The van der Waals surface area contributed by atoms with Gasteiger partial charge in [-0.25, -0.2) is 13.2 Å². The van der Waals surface area contributed by atoms with Gasteiger partial charge in [0.05, 0.1) is 5.69 Å². The summed E-state index contributed by atoms with van der Waals surface area (Å²) in [6, 6.07) is 8.60. The molecule has 6 heteroatoms. The van der Waals surface area contributed by atoms with Crippen molar-refractivity contribution in [3.05, 3.63) is 59.4 Å². The highest BCUT2D eigenvalue weighted by Crippen LogP contribution is 2.25. The summed E-state index contributed by atoms with van der Waals surface area (Å²) in [5.41, 5.74) is 1.43. The van der Waals surface area contributed by atoms with Gasteiger partial charge in [-0.15, -0.1) is 0 Å². The zero-order valence-electron chi connectivity index (χ0n) is 13.7. The van der Waals surface area contributed by atoms with Crippen LogP contribution in [0.4, 0.5) is 24.5 Å². The maximum Gasteiger partial charge on any atom is 0.246 e. The molecule has 2 N–H and O–H groups in total. The first kappa shape index (κ1) is 17.8. The Bertz CT molecular complexity index is 747. The second-order valence-corrected chi connectivity index (χ2v) is 5.82. The summed E-state index contributed by atoms with van der Waals surface area (Å²) in [5.74, 6) is -4.63. The molecule has 0 aliphatic carbocycles. The fourth-order valence-electron chi connectivity index (χ4n) is 2.29. The van der Waals surface area contributed by atoms with Crippen molar-refractivity contribution in [2.45, 2.75) is 32.7 Å². The first-order valence-corrected chi connectivity index (χ1v) is 7.61. The minimum Gasteiger partial charge on any atom is -0.374 e. The van der Waals surface area contributed by atoms with Crippen LogP contribution in [0, 0.1) is 17.5 Å². The predicted octanol–water partition coefficient (Wildman–Crippen LogP) is 4.67. The molecular formula is C18H19F3N2O. The van der Waals surface area contributed by atoms with Crippen molar-refractivity contribution in [3.63, 3.8) is 0 Å². The molecule has 2 aromatic carbocycles. The van der Waals surface area contributed by atoms with E-state index in [-0.39, 0.29) is 5.92 Å². The number of amides is 1. The Balaban J connectivity index is 2.13. The Morgan fingerprint density at radius 3 is 2.25 bits per heavy atom. The molecule has 1 atom stereocenters. The van der Waals surface area contributed by atoms with Gasteiger partial charge in [0, 0.05) is 5.69 Å². The molecule has 2 rings (SSSR count). The molecule has 2 aromatic rings. The van der Waals surface area contributed by atoms with Crippen LogP contribution in [0.1, 0.15) is 32.3 Å². The Morgan fingerprint density at radius 2 is 1.58 bits per heavy atom. The molecule has 0 bridgehead atoms. The standard InChI is InChI=1S/C18H19F3N2O/c1-10(2)12-6-4-5-7-14(12)22-11(3)18(24)23-15-9-8-13(19)16(20)17(15)21/h4-11,22H,1-3H3,(H,23,24)/t11-/m1/s1. The first-order chi connectivity index (χ1) is 11.3. The summed E-state index contributed by atoms with van der Waals surface area (Å²) in [4.78, 5) is 12.2. The van der Waals surface area contributed by atoms with Crippen LogP contribution < -0.4 is 10.6 Å². The zero-order chi connectivity index (χ0) is 17.9. The molecule has 0 aliphatic heterocycles. The van der Waals surface area contributed by atoms with Crippen LogP contribution in [0.15, 0.2) is 36.4 Å². The fraction of sp³-hybridized carbons (Fsp3) is 0.278. The van der Waals surface area contributed by atoms with Crippen LogP contribution in [0.5, 0.6) is 0 Å². The second kappa shape index (κ2) is 7.38. The lowest BCUT2D eigenvalue weighted by atomic mass is 10.0. The number of nitrogens with one attached hydrogen (secondary N) is 2. The average Bonchev–Trinajstić information content (AvgIpc) is 2.55. The van der Waals surface area contributed by atoms with Crippen molar-refractivity contribution < 1.29 is 18.0 Å². The largest absolute Gasteiger partial charge is 0.374 e. The second-order valence-electron chi connectivity index (χ2n) is 5.82. The smallest absolute Gasteiger partial charge is 0.246 e. The first-order valence-electron chi connectivity index (χ1n) is 7.61. The minimum absolute atomic E-state index is 0.257. The van der Waals surface area contributed by atoms with E-state index >= 15 is 0 Å². The quantitative estimate of drug-likeness (QED) is 0.779. The third-order valence-corrected chi connectivity index (χ3v) is 3.64. The number of halogens is 3. The van der Waals surface area contributed by atoms with Crippen LogP contribution in [-0.4, -0.2) is 11.9 Å². The van der Waals surface area contributed by atoms with E-state index in [2.05, 4.69) is 10.6 Å². The number of rotatable bonds is 5. The van der Waals surface area contributed by atoms with Gasteiger partial charge in [-0.3, -0.25) is 4.79 Å². The van der Waals surface area contributed by atoms with Gasteiger partial charge in [0.15, 0.2) is 17.5 Å². The molecule has 3 nitrogen and oxygen atoms in total. The Kier molecular flexibility index (Phi) is 5.49. The molecule has 0 heterocycles. The molecule has 0 saturated carbocycles. The molecule has 1 amide bonds. The number of hydrogen-bond acceptors (Lipinski definition) is 2. The maximum atomic E-state index is 13.6. The zero-order valence-corrected chi connectivity index (χ0v) is 13.7. The van der Waals surface area contributed by atoms with Crippen molar-refractivity contribution in [1.82, 2.24) is 0 Å². The summed E-state index contributed by atoms with van der Waals surface area (Å²) in [7, 11) is 0. The van der Waals surface area contributed by atoms with Gasteiger partial charge in [-0.05, 0) is 36.6 Å². The van der Waals surface area contributed by atoms with E-state index in [9.17, 15) is 18.0 Å². The lowest BCUT2D eigenvalue weighted by Gasteiger charge is -2.19. The summed E-state index contributed by atoms with van der Waals surface area (Å²) in [6.45, 7) is 5.66. The number of carbonyl (C=O) groups is 1. The number of benzene rings is 2. The van der Waals surface area contributed by atoms with Crippen molar-refractivity contribution in [2.75, 3.05) is 10.6 Å². The van der Waals surface area contributed by atoms with Crippen molar-refractivity contribution >= 4 is 17.3 Å². The lowest BCUT2D eigenvalue weighted by Crippen LogP contribution is -2.32. The normalized spacial score (nSPS) is 12.1. The summed E-state index contributed by atoms with van der Waals surface area (Å²) in [5, 5.41) is 5.32. The summed E-state index contributed by atoms with van der Waals surface area (Å²) < 4.78 is 39.8. The van der Waals surface area contributed by atoms with Crippen LogP contribution in [-0.2, 0) is 4.79 Å².